The smallest absolute Gasteiger partial charge is 0.310 e. The van der Waals surface area contributed by atoms with E-state index in [-0.39, 0.29) is 6.07 Å². The van der Waals surface area contributed by atoms with Crippen molar-refractivity contribution < 1.29 is 31.5 Å². The van der Waals surface area contributed by atoms with Crippen LogP contribution in [0.25, 0.3) is 0 Å². The van der Waals surface area contributed by atoms with E-state index in [2.05, 4.69) is 0 Å². The van der Waals surface area contributed by atoms with Crippen LogP contribution >= 0.6 is 0 Å². The van der Waals surface area contributed by atoms with Crippen LogP contribution in [0.15, 0.2) is 18.0 Å². The number of hydrogen-bond acceptors (Lipinski definition) is 2. The Labute approximate surface area is 129 Å². The molecule has 1 aromatic carbocycles. The van der Waals surface area contributed by atoms with Gasteiger partial charge in [0.1, 0.15) is 6.61 Å². The normalized spacial score (nSPS) is 22.9. The van der Waals surface area contributed by atoms with Crippen molar-refractivity contribution >= 4 is 5.97 Å². The van der Waals surface area contributed by atoms with Crippen molar-refractivity contribution in [2.24, 2.45) is 17.3 Å². The molecule has 2 rings (SSSR count). The number of carbonyl (C=O) groups excluding carboxylic acids is 1. The Morgan fingerprint density at radius 3 is 2.22 bits per heavy atom. The molecule has 0 unspecified atom stereocenters. The first-order chi connectivity index (χ1) is 10.6. The molecule has 7 heteroatoms. The van der Waals surface area contributed by atoms with Gasteiger partial charge in [-0.05, 0) is 24.3 Å². The second kappa shape index (κ2) is 5.94. The third-order valence-corrected chi connectivity index (χ3v) is 4.14. The van der Waals surface area contributed by atoms with Gasteiger partial charge in [0.2, 0.25) is 0 Å². The summed E-state index contributed by atoms with van der Waals surface area (Å²) in [5.74, 6) is -8.71. The van der Waals surface area contributed by atoms with Gasteiger partial charge in [-0.25, -0.2) is 22.0 Å². The standard InChI is InChI=1S/C16H15F5O2/c1-7(17)4-9-12(16(9,2)3)15(22)23-6-8-13(20)10(18)5-11(19)14(8)21/h4-5,9,12H,6H2,1-3H3/t9-,12+/m1/s1. The van der Waals surface area contributed by atoms with Crippen LogP contribution in [0.1, 0.15) is 26.3 Å². The Balaban J connectivity index is 2.11. The lowest BCUT2D eigenvalue weighted by Gasteiger charge is -2.09. The SMILES string of the molecule is CC(F)=C[C@@H]1[C@@H](C(=O)OCc2c(F)c(F)cc(F)c2F)C1(C)C. The summed E-state index contributed by atoms with van der Waals surface area (Å²) in [5.41, 5.74) is -1.56. The molecule has 2 atom stereocenters. The second-order valence-corrected chi connectivity index (χ2v) is 6.13. The summed E-state index contributed by atoms with van der Waals surface area (Å²) in [6.45, 7) is 3.72. The number of ether oxygens (including phenoxy) is 1. The Morgan fingerprint density at radius 2 is 1.74 bits per heavy atom. The predicted octanol–water partition coefficient (Wildman–Crippen LogP) is 4.43. The third-order valence-electron chi connectivity index (χ3n) is 4.14. The number of rotatable bonds is 4. The minimum atomic E-state index is -1.61. The van der Waals surface area contributed by atoms with Crippen molar-refractivity contribution in [1.29, 1.82) is 0 Å². The number of esters is 1. The molecule has 1 aromatic rings. The lowest BCUT2D eigenvalue weighted by Crippen LogP contribution is -2.13. The van der Waals surface area contributed by atoms with E-state index in [1.807, 2.05) is 0 Å². The highest BCUT2D eigenvalue weighted by molar-refractivity contribution is 5.78. The molecule has 0 radical (unpaired) electrons. The molecule has 1 aliphatic rings. The summed E-state index contributed by atoms with van der Waals surface area (Å²) >= 11 is 0. The highest BCUT2D eigenvalue weighted by Crippen LogP contribution is 2.59. The second-order valence-electron chi connectivity index (χ2n) is 6.13. The van der Waals surface area contributed by atoms with E-state index in [1.165, 1.54) is 13.0 Å². The van der Waals surface area contributed by atoms with Crippen molar-refractivity contribution in [3.63, 3.8) is 0 Å². The van der Waals surface area contributed by atoms with Gasteiger partial charge in [-0.2, -0.15) is 0 Å². The van der Waals surface area contributed by atoms with E-state index in [1.54, 1.807) is 13.8 Å². The first-order valence-electron chi connectivity index (χ1n) is 6.89. The Kier molecular flexibility index (Phi) is 4.50. The fraction of sp³-hybridized carbons (Fsp3) is 0.438. The van der Waals surface area contributed by atoms with Gasteiger partial charge < -0.3 is 4.74 Å². The van der Waals surface area contributed by atoms with E-state index < -0.39 is 64.5 Å². The molecule has 0 spiro atoms. The number of allylic oxidation sites excluding steroid dienone is 2. The molecular weight excluding hydrogens is 319 g/mol. The monoisotopic (exact) mass is 334 g/mol. The lowest BCUT2D eigenvalue weighted by molar-refractivity contribution is -0.147. The molecule has 0 bridgehead atoms. The topological polar surface area (TPSA) is 26.3 Å². The van der Waals surface area contributed by atoms with Crippen LogP contribution in [0.3, 0.4) is 0 Å². The molecule has 2 nitrogen and oxygen atoms in total. The van der Waals surface area contributed by atoms with Crippen molar-refractivity contribution in [2.45, 2.75) is 27.4 Å². The maximum atomic E-state index is 13.5. The van der Waals surface area contributed by atoms with Gasteiger partial charge in [0.25, 0.3) is 0 Å². The average Bonchev–Trinajstić information content (AvgIpc) is 2.96. The summed E-state index contributed by atoms with van der Waals surface area (Å²) in [4.78, 5) is 12.0. The van der Waals surface area contributed by atoms with Gasteiger partial charge in [-0.15, -0.1) is 0 Å². The molecule has 0 amide bonds. The largest absolute Gasteiger partial charge is 0.460 e. The molecule has 0 N–H and O–H groups in total. The van der Waals surface area contributed by atoms with Gasteiger partial charge >= 0.3 is 5.97 Å². The fourth-order valence-corrected chi connectivity index (χ4v) is 2.67. The van der Waals surface area contributed by atoms with Gasteiger partial charge in [-0.1, -0.05) is 13.8 Å². The summed E-state index contributed by atoms with van der Waals surface area (Å²) in [7, 11) is 0. The van der Waals surface area contributed by atoms with E-state index in [0.29, 0.717) is 0 Å². The fourth-order valence-electron chi connectivity index (χ4n) is 2.67. The molecule has 126 valence electrons. The van der Waals surface area contributed by atoms with Crippen LogP contribution in [0.4, 0.5) is 22.0 Å². The Morgan fingerprint density at radius 1 is 1.22 bits per heavy atom. The van der Waals surface area contributed by atoms with Crippen LogP contribution in [-0.2, 0) is 16.1 Å². The zero-order chi connectivity index (χ0) is 17.5. The highest BCUT2D eigenvalue weighted by atomic mass is 19.2. The third kappa shape index (κ3) is 3.23. The zero-order valence-electron chi connectivity index (χ0n) is 12.7. The van der Waals surface area contributed by atoms with Crippen molar-refractivity contribution in [3.8, 4) is 0 Å². The van der Waals surface area contributed by atoms with E-state index in [4.69, 9.17) is 4.74 Å². The summed E-state index contributed by atoms with van der Waals surface area (Å²) in [6, 6.07) is 0.0742. The van der Waals surface area contributed by atoms with Gasteiger partial charge in [-0.3, -0.25) is 4.79 Å². The van der Waals surface area contributed by atoms with Crippen LogP contribution in [0, 0.1) is 40.5 Å². The zero-order valence-corrected chi connectivity index (χ0v) is 12.7. The average molecular weight is 334 g/mol. The molecule has 0 aromatic heterocycles. The molecule has 0 aliphatic heterocycles. The van der Waals surface area contributed by atoms with E-state index >= 15 is 0 Å². The van der Waals surface area contributed by atoms with Crippen molar-refractivity contribution in [3.05, 3.63) is 46.8 Å². The molecular formula is C16H15F5O2. The summed E-state index contributed by atoms with van der Waals surface area (Å²) in [5, 5.41) is 0. The van der Waals surface area contributed by atoms with Crippen LogP contribution < -0.4 is 0 Å². The molecule has 0 heterocycles. The molecule has 1 saturated carbocycles. The maximum absolute atomic E-state index is 13.5. The first-order valence-corrected chi connectivity index (χ1v) is 6.89. The van der Waals surface area contributed by atoms with Gasteiger partial charge in [0, 0.05) is 6.07 Å². The molecule has 23 heavy (non-hydrogen) atoms. The van der Waals surface area contributed by atoms with Crippen LogP contribution in [-0.4, -0.2) is 5.97 Å². The minimum Gasteiger partial charge on any atom is -0.460 e. The quantitative estimate of drug-likeness (QED) is 0.462. The van der Waals surface area contributed by atoms with Crippen molar-refractivity contribution in [1.82, 2.24) is 0 Å². The number of carbonyl (C=O) groups is 1. The Bertz CT molecular complexity index is 651. The summed E-state index contributed by atoms with van der Waals surface area (Å²) in [6.07, 6.45) is 1.27. The highest BCUT2D eigenvalue weighted by Gasteiger charge is 2.61. The van der Waals surface area contributed by atoms with E-state index in [0.717, 1.165) is 0 Å². The van der Waals surface area contributed by atoms with Crippen molar-refractivity contribution in [2.75, 3.05) is 0 Å². The van der Waals surface area contributed by atoms with Gasteiger partial charge in [0.05, 0.1) is 17.3 Å². The van der Waals surface area contributed by atoms with Crippen LogP contribution in [0.5, 0.6) is 0 Å². The minimum absolute atomic E-state index is 0.0742. The molecule has 1 fully saturated rings. The number of halogens is 5. The van der Waals surface area contributed by atoms with Gasteiger partial charge in [0.15, 0.2) is 23.3 Å². The number of benzene rings is 1. The van der Waals surface area contributed by atoms with E-state index in [9.17, 15) is 26.7 Å². The predicted molar refractivity (Wildman–Crippen MR) is 71.7 cm³/mol. The molecule has 1 aliphatic carbocycles. The molecule has 0 saturated heterocycles. The lowest BCUT2D eigenvalue weighted by atomic mass is 10.1. The summed E-state index contributed by atoms with van der Waals surface area (Å²) < 4.78 is 70.8. The Hall–Kier alpha value is -1.92. The maximum Gasteiger partial charge on any atom is 0.310 e. The first kappa shape index (κ1) is 17.4. The van der Waals surface area contributed by atoms with Crippen LogP contribution in [0.2, 0.25) is 0 Å². The number of hydrogen-bond donors (Lipinski definition) is 0.